The normalized spacial score (nSPS) is 22.0. The summed E-state index contributed by atoms with van der Waals surface area (Å²) in [6.45, 7) is 2.40. The number of hydrogen-bond acceptors (Lipinski definition) is 7. The van der Waals surface area contributed by atoms with Crippen LogP contribution >= 0.6 is 0 Å². The van der Waals surface area contributed by atoms with Crippen molar-refractivity contribution >= 4 is 24.1 Å². The van der Waals surface area contributed by atoms with E-state index in [4.69, 9.17) is 4.74 Å². The van der Waals surface area contributed by atoms with Gasteiger partial charge in [-0.1, -0.05) is 0 Å². The zero-order chi connectivity index (χ0) is 18.4. The smallest absolute Gasteiger partial charge is 0.358 e. The molecule has 0 unspecified atom stereocenters. The standard InChI is InChI=1S/C18H24N4O4/c1-21(18(4-5-18)11-26-12-23)13-10-19-14(16(24)25)15(20-13)22-8-6-17(2-3-17)7-9-22/h10,12H,2-9,11H2,1H3,(H,24,25). The van der Waals surface area contributed by atoms with Crippen LogP contribution in [0.5, 0.6) is 0 Å². The highest BCUT2D eigenvalue weighted by Gasteiger charge is 2.49. The van der Waals surface area contributed by atoms with Gasteiger partial charge in [0.2, 0.25) is 0 Å². The summed E-state index contributed by atoms with van der Waals surface area (Å²) >= 11 is 0. The Kier molecular flexibility index (Phi) is 4.00. The minimum absolute atomic E-state index is 0.00267. The lowest BCUT2D eigenvalue weighted by atomic mass is 9.94. The average Bonchev–Trinajstić information content (AvgIpc) is 3.57. The average molecular weight is 360 g/mol. The Labute approximate surface area is 152 Å². The number of ether oxygens (including phenoxy) is 1. The van der Waals surface area contributed by atoms with Crippen LogP contribution in [0.2, 0.25) is 0 Å². The number of piperidine rings is 1. The fraction of sp³-hybridized carbons (Fsp3) is 0.667. The van der Waals surface area contributed by atoms with E-state index in [0.29, 0.717) is 30.1 Å². The van der Waals surface area contributed by atoms with E-state index in [1.807, 2.05) is 11.9 Å². The maximum atomic E-state index is 11.6. The molecule has 0 radical (unpaired) electrons. The predicted octanol–water partition coefficient (Wildman–Crippen LogP) is 1.70. The number of carbonyl (C=O) groups is 2. The number of anilines is 2. The molecule has 26 heavy (non-hydrogen) atoms. The molecule has 0 atom stereocenters. The van der Waals surface area contributed by atoms with Crippen LogP contribution in [0.4, 0.5) is 11.6 Å². The van der Waals surface area contributed by atoms with Gasteiger partial charge in [-0.15, -0.1) is 0 Å². The van der Waals surface area contributed by atoms with E-state index in [0.717, 1.165) is 38.8 Å². The van der Waals surface area contributed by atoms with Gasteiger partial charge >= 0.3 is 5.97 Å². The summed E-state index contributed by atoms with van der Waals surface area (Å²) in [6, 6.07) is 0. The van der Waals surface area contributed by atoms with Crippen LogP contribution in [0.3, 0.4) is 0 Å². The molecule has 1 aromatic heterocycles. The van der Waals surface area contributed by atoms with Crippen molar-refractivity contribution in [3.63, 3.8) is 0 Å². The Hall–Kier alpha value is -2.38. The Bertz CT molecular complexity index is 720. The highest BCUT2D eigenvalue weighted by Crippen LogP contribution is 2.54. The largest absolute Gasteiger partial charge is 0.476 e. The molecule has 2 aliphatic carbocycles. The van der Waals surface area contributed by atoms with Crippen molar-refractivity contribution < 1.29 is 19.4 Å². The van der Waals surface area contributed by atoms with E-state index in [1.54, 1.807) is 0 Å². The van der Waals surface area contributed by atoms with Crippen molar-refractivity contribution in [1.82, 2.24) is 9.97 Å². The summed E-state index contributed by atoms with van der Waals surface area (Å²) in [5.74, 6) is 0.00648. The van der Waals surface area contributed by atoms with Crippen molar-refractivity contribution in [2.45, 2.75) is 44.1 Å². The zero-order valence-electron chi connectivity index (χ0n) is 15.0. The fourth-order valence-corrected chi connectivity index (χ4v) is 3.93. The second-order valence-corrected chi connectivity index (χ2v) is 7.88. The maximum absolute atomic E-state index is 11.6. The van der Waals surface area contributed by atoms with Crippen LogP contribution in [0.1, 0.15) is 49.0 Å². The third kappa shape index (κ3) is 2.97. The van der Waals surface area contributed by atoms with Crippen molar-refractivity contribution in [3.8, 4) is 0 Å². The molecule has 3 fully saturated rings. The van der Waals surface area contributed by atoms with Gasteiger partial charge in [-0.25, -0.2) is 14.8 Å². The molecule has 0 amide bonds. The molecule has 8 nitrogen and oxygen atoms in total. The van der Waals surface area contributed by atoms with Gasteiger partial charge < -0.3 is 19.6 Å². The summed E-state index contributed by atoms with van der Waals surface area (Å²) < 4.78 is 4.97. The maximum Gasteiger partial charge on any atom is 0.358 e. The number of aromatic nitrogens is 2. The zero-order valence-corrected chi connectivity index (χ0v) is 15.0. The number of carboxylic acids is 1. The first kappa shape index (κ1) is 17.1. The highest BCUT2D eigenvalue weighted by atomic mass is 16.5. The van der Waals surface area contributed by atoms with Gasteiger partial charge in [0.05, 0.1) is 11.7 Å². The molecule has 140 valence electrons. The minimum atomic E-state index is -1.06. The van der Waals surface area contributed by atoms with Crippen LogP contribution in [0.25, 0.3) is 0 Å². The van der Waals surface area contributed by atoms with Crippen LogP contribution in [0.15, 0.2) is 6.20 Å². The second kappa shape index (κ2) is 6.10. The fourth-order valence-electron chi connectivity index (χ4n) is 3.93. The number of nitrogens with zero attached hydrogens (tertiary/aromatic N) is 4. The van der Waals surface area contributed by atoms with Crippen LogP contribution in [-0.4, -0.2) is 59.8 Å². The molecule has 1 aliphatic heterocycles. The number of carboxylic acid groups (broad SMARTS) is 1. The topological polar surface area (TPSA) is 95.9 Å². The molecule has 2 heterocycles. The van der Waals surface area contributed by atoms with Gasteiger partial charge in [-0.3, -0.25) is 4.79 Å². The third-order valence-electron chi connectivity index (χ3n) is 6.33. The van der Waals surface area contributed by atoms with Crippen molar-refractivity contribution in [3.05, 3.63) is 11.9 Å². The third-order valence-corrected chi connectivity index (χ3v) is 6.33. The molecule has 1 saturated heterocycles. The summed E-state index contributed by atoms with van der Waals surface area (Å²) in [7, 11) is 1.89. The van der Waals surface area contributed by atoms with Crippen molar-refractivity contribution in [1.29, 1.82) is 0 Å². The van der Waals surface area contributed by atoms with Gasteiger partial charge in [-0.2, -0.15) is 0 Å². The SMILES string of the molecule is CN(c1cnc(C(=O)O)c(N2CCC3(CC2)CC3)n1)C1(COC=O)CC1. The van der Waals surface area contributed by atoms with E-state index < -0.39 is 5.97 Å². The number of rotatable bonds is 7. The van der Waals surface area contributed by atoms with E-state index in [9.17, 15) is 14.7 Å². The summed E-state index contributed by atoms with van der Waals surface area (Å²) in [5.41, 5.74) is 0.256. The summed E-state index contributed by atoms with van der Waals surface area (Å²) in [4.78, 5) is 35.0. The molecule has 1 N–H and O–H groups in total. The quantitative estimate of drug-likeness (QED) is 0.734. The lowest BCUT2D eigenvalue weighted by Gasteiger charge is -2.34. The molecule has 1 spiro atoms. The Morgan fingerprint density at radius 1 is 1.31 bits per heavy atom. The first-order chi connectivity index (χ1) is 12.5. The first-order valence-corrected chi connectivity index (χ1v) is 9.13. The Balaban J connectivity index is 1.59. The Morgan fingerprint density at radius 2 is 2.00 bits per heavy atom. The first-order valence-electron chi connectivity index (χ1n) is 9.13. The molecule has 1 aromatic rings. The van der Waals surface area contributed by atoms with E-state index in [2.05, 4.69) is 14.9 Å². The van der Waals surface area contributed by atoms with Gasteiger partial charge in [-0.05, 0) is 43.9 Å². The van der Waals surface area contributed by atoms with Gasteiger partial charge in [0.1, 0.15) is 12.4 Å². The van der Waals surface area contributed by atoms with Gasteiger partial charge in [0.25, 0.3) is 6.47 Å². The molecule has 0 bridgehead atoms. The lowest BCUT2D eigenvalue weighted by molar-refractivity contribution is -0.129. The molecule has 0 aromatic carbocycles. The van der Waals surface area contributed by atoms with Crippen LogP contribution in [-0.2, 0) is 9.53 Å². The van der Waals surface area contributed by atoms with Crippen LogP contribution in [0, 0.1) is 5.41 Å². The summed E-state index contributed by atoms with van der Waals surface area (Å²) in [5, 5.41) is 9.53. The Morgan fingerprint density at radius 3 is 2.54 bits per heavy atom. The van der Waals surface area contributed by atoms with E-state index in [1.165, 1.54) is 19.0 Å². The van der Waals surface area contributed by atoms with Crippen molar-refractivity contribution in [2.75, 3.05) is 36.5 Å². The molecule has 4 rings (SSSR count). The van der Waals surface area contributed by atoms with Gasteiger partial charge in [0.15, 0.2) is 11.5 Å². The van der Waals surface area contributed by atoms with Gasteiger partial charge in [0, 0.05) is 20.1 Å². The minimum Gasteiger partial charge on any atom is -0.476 e. The number of carbonyl (C=O) groups excluding carboxylic acids is 1. The highest BCUT2D eigenvalue weighted by molar-refractivity contribution is 5.91. The molecule has 3 aliphatic rings. The molecule has 2 saturated carbocycles. The lowest BCUT2D eigenvalue weighted by Crippen LogP contribution is -2.40. The summed E-state index contributed by atoms with van der Waals surface area (Å²) in [6.07, 6.45) is 8.07. The van der Waals surface area contributed by atoms with Crippen molar-refractivity contribution in [2.24, 2.45) is 5.41 Å². The van der Waals surface area contributed by atoms with Crippen LogP contribution < -0.4 is 9.80 Å². The van der Waals surface area contributed by atoms with E-state index in [-0.39, 0.29) is 11.2 Å². The molecular formula is C18H24N4O4. The predicted molar refractivity (Wildman–Crippen MR) is 94.5 cm³/mol. The number of aromatic carboxylic acids is 1. The monoisotopic (exact) mass is 360 g/mol. The van der Waals surface area contributed by atoms with E-state index >= 15 is 0 Å². The molecular weight excluding hydrogens is 336 g/mol. The number of hydrogen-bond donors (Lipinski definition) is 1. The number of likely N-dealkylation sites (N-methyl/N-ethyl adjacent to an activating group) is 1. The second-order valence-electron chi connectivity index (χ2n) is 7.88. The molecule has 8 heteroatoms.